The van der Waals surface area contributed by atoms with E-state index < -0.39 is 5.54 Å². The van der Waals surface area contributed by atoms with Gasteiger partial charge in [-0.25, -0.2) is 0 Å². The van der Waals surface area contributed by atoms with E-state index in [9.17, 15) is 4.79 Å². The zero-order valence-corrected chi connectivity index (χ0v) is 16.9. The summed E-state index contributed by atoms with van der Waals surface area (Å²) in [5.41, 5.74) is 3.41. The van der Waals surface area contributed by atoms with Crippen molar-refractivity contribution >= 4 is 17.3 Å². The third-order valence-electron chi connectivity index (χ3n) is 5.32. The molecule has 0 spiro atoms. The van der Waals surface area contributed by atoms with Crippen molar-refractivity contribution in [2.45, 2.75) is 26.0 Å². The van der Waals surface area contributed by atoms with Gasteiger partial charge in [-0.1, -0.05) is 60.7 Å². The lowest BCUT2D eigenvalue weighted by Gasteiger charge is -2.45. The molecule has 0 aliphatic carbocycles. The number of carbonyl (C=O) groups is 1. The summed E-state index contributed by atoms with van der Waals surface area (Å²) in [7, 11) is 0. The van der Waals surface area contributed by atoms with Crippen molar-refractivity contribution in [3.8, 4) is 0 Å². The van der Waals surface area contributed by atoms with Gasteiger partial charge in [-0.3, -0.25) is 4.79 Å². The van der Waals surface area contributed by atoms with Crippen LogP contribution in [0, 0.1) is 0 Å². The lowest BCUT2D eigenvalue weighted by molar-refractivity contribution is 0.00639. The zero-order chi connectivity index (χ0) is 20.3. The zero-order valence-electron chi connectivity index (χ0n) is 16.9. The quantitative estimate of drug-likeness (QED) is 0.581. The van der Waals surface area contributed by atoms with Gasteiger partial charge >= 0.3 is 0 Å². The first-order chi connectivity index (χ1) is 14.1. The van der Waals surface area contributed by atoms with Crippen LogP contribution >= 0.6 is 0 Å². The molecule has 0 atom stereocenters. The topological polar surface area (TPSA) is 32.8 Å². The Kier molecular flexibility index (Phi) is 5.36. The Labute approximate surface area is 172 Å². The Morgan fingerprint density at radius 2 is 1.48 bits per heavy atom. The number of fused-ring (bicyclic) bond motifs is 1. The summed E-state index contributed by atoms with van der Waals surface area (Å²) < 4.78 is 6.00. The monoisotopic (exact) mass is 386 g/mol. The van der Waals surface area contributed by atoms with Gasteiger partial charge in [0.15, 0.2) is 0 Å². The number of hydrogen-bond acceptors (Lipinski definition) is 3. The Balaban J connectivity index is 1.57. The van der Waals surface area contributed by atoms with Gasteiger partial charge in [-0.2, -0.15) is 0 Å². The van der Waals surface area contributed by atoms with Crippen molar-refractivity contribution in [3.05, 3.63) is 96.1 Å². The Bertz CT molecular complexity index is 970. The van der Waals surface area contributed by atoms with Crippen LogP contribution in [0.2, 0.25) is 0 Å². The van der Waals surface area contributed by atoms with Gasteiger partial charge in [-0.05, 0) is 43.7 Å². The van der Waals surface area contributed by atoms with Gasteiger partial charge in [0, 0.05) is 5.69 Å². The van der Waals surface area contributed by atoms with E-state index >= 15 is 0 Å². The number of benzene rings is 3. The first-order valence-corrected chi connectivity index (χ1v) is 9.91. The molecule has 0 bridgehead atoms. The molecule has 1 aliphatic rings. The Morgan fingerprint density at radius 3 is 2.21 bits per heavy atom. The van der Waals surface area contributed by atoms with E-state index in [1.165, 1.54) is 0 Å². The van der Waals surface area contributed by atoms with Crippen LogP contribution in [-0.4, -0.2) is 29.6 Å². The summed E-state index contributed by atoms with van der Waals surface area (Å²) in [5, 5.41) is 0. The van der Waals surface area contributed by atoms with Crippen molar-refractivity contribution in [2.75, 3.05) is 18.2 Å². The number of carbonyl (C=O) groups excluding carboxylic acids is 1. The second kappa shape index (κ2) is 8.10. The molecule has 0 fully saturated rings. The van der Waals surface area contributed by atoms with Gasteiger partial charge in [0.1, 0.15) is 0 Å². The molecule has 1 amide bonds. The molecule has 0 aromatic heterocycles. The molecule has 3 aromatic rings. The molecule has 1 heterocycles. The summed E-state index contributed by atoms with van der Waals surface area (Å²) in [6, 6.07) is 28.1. The largest absolute Gasteiger partial charge is 0.374 e. The second-order valence-corrected chi connectivity index (χ2v) is 7.95. The van der Waals surface area contributed by atoms with Crippen molar-refractivity contribution in [2.24, 2.45) is 0 Å². The molecule has 0 N–H and O–H groups in total. The maximum Gasteiger partial charge on any atom is 0.257 e. The van der Waals surface area contributed by atoms with Crippen LogP contribution < -0.4 is 4.90 Å². The van der Waals surface area contributed by atoms with E-state index in [0.29, 0.717) is 19.9 Å². The number of ether oxygens (including phenoxy) is 1. The van der Waals surface area contributed by atoms with Crippen molar-refractivity contribution in [1.82, 2.24) is 4.90 Å². The average molecular weight is 386 g/mol. The van der Waals surface area contributed by atoms with Gasteiger partial charge in [0.05, 0.1) is 36.7 Å². The van der Waals surface area contributed by atoms with Crippen LogP contribution in [0.3, 0.4) is 0 Å². The summed E-state index contributed by atoms with van der Waals surface area (Å²) in [4.78, 5) is 17.4. The highest BCUT2D eigenvalue weighted by Gasteiger charge is 2.38. The highest BCUT2D eigenvalue weighted by atomic mass is 16.5. The van der Waals surface area contributed by atoms with Crippen LogP contribution in [0.4, 0.5) is 11.4 Å². The van der Waals surface area contributed by atoms with E-state index in [4.69, 9.17) is 4.74 Å². The van der Waals surface area contributed by atoms with Crippen LogP contribution in [0.5, 0.6) is 0 Å². The second-order valence-electron chi connectivity index (χ2n) is 7.95. The number of nitrogens with zero attached hydrogens (tertiary/aromatic N) is 2. The molecule has 3 aromatic carbocycles. The third-order valence-corrected chi connectivity index (χ3v) is 5.32. The van der Waals surface area contributed by atoms with E-state index in [2.05, 4.69) is 30.9 Å². The highest BCUT2D eigenvalue weighted by Crippen LogP contribution is 2.36. The molecule has 4 rings (SSSR count). The van der Waals surface area contributed by atoms with E-state index in [1.54, 1.807) is 0 Å². The smallest absolute Gasteiger partial charge is 0.257 e. The Morgan fingerprint density at radius 1 is 0.862 bits per heavy atom. The standard InChI is InChI=1S/C25H26N2O2/c1-25(2,18-29-17-20-11-5-3-6-12-20)27-19-26(21-13-7-4-8-14-21)23-16-10-9-15-22(23)24(27)28/h3-16H,17-19H2,1-2H3. The molecule has 0 unspecified atom stereocenters. The summed E-state index contributed by atoms with van der Waals surface area (Å²) in [6.45, 7) is 5.60. The molecule has 4 nitrogen and oxygen atoms in total. The predicted molar refractivity (Wildman–Crippen MR) is 116 cm³/mol. The van der Waals surface area contributed by atoms with Crippen LogP contribution in [0.1, 0.15) is 29.8 Å². The molecular formula is C25H26N2O2. The molecule has 0 saturated heterocycles. The molecule has 4 heteroatoms. The van der Waals surface area contributed by atoms with E-state index in [0.717, 1.165) is 22.5 Å². The lowest BCUT2D eigenvalue weighted by Crippen LogP contribution is -2.56. The number of anilines is 2. The number of amides is 1. The summed E-state index contributed by atoms with van der Waals surface area (Å²) in [6.07, 6.45) is 0. The van der Waals surface area contributed by atoms with Gasteiger partial charge in [-0.15, -0.1) is 0 Å². The molecule has 148 valence electrons. The lowest BCUT2D eigenvalue weighted by atomic mass is 9.99. The highest BCUT2D eigenvalue weighted by molar-refractivity contribution is 6.03. The van der Waals surface area contributed by atoms with Crippen molar-refractivity contribution < 1.29 is 9.53 Å². The van der Waals surface area contributed by atoms with E-state index in [-0.39, 0.29) is 5.91 Å². The number of hydrogen-bond donors (Lipinski definition) is 0. The van der Waals surface area contributed by atoms with Crippen LogP contribution in [0.25, 0.3) is 0 Å². The maximum atomic E-state index is 13.3. The molecule has 0 radical (unpaired) electrons. The predicted octanol–water partition coefficient (Wildman–Crippen LogP) is 5.23. The van der Waals surface area contributed by atoms with Crippen molar-refractivity contribution in [1.29, 1.82) is 0 Å². The minimum absolute atomic E-state index is 0.0427. The third kappa shape index (κ3) is 4.03. The molecule has 1 aliphatic heterocycles. The van der Waals surface area contributed by atoms with Crippen LogP contribution in [-0.2, 0) is 11.3 Å². The molecule has 29 heavy (non-hydrogen) atoms. The SMILES string of the molecule is CC(C)(COCc1ccccc1)N1CN(c2ccccc2)c2ccccc2C1=O. The fourth-order valence-electron chi connectivity index (χ4n) is 3.68. The molecule has 0 saturated carbocycles. The first kappa shape index (κ1) is 19.2. The summed E-state index contributed by atoms with van der Waals surface area (Å²) >= 11 is 0. The Hall–Kier alpha value is -3.11. The minimum Gasteiger partial charge on any atom is -0.374 e. The minimum atomic E-state index is -0.452. The van der Waals surface area contributed by atoms with Crippen LogP contribution in [0.15, 0.2) is 84.9 Å². The van der Waals surface area contributed by atoms with Gasteiger partial charge < -0.3 is 14.5 Å². The van der Waals surface area contributed by atoms with Crippen molar-refractivity contribution in [3.63, 3.8) is 0 Å². The summed E-state index contributed by atoms with van der Waals surface area (Å²) in [5.74, 6) is 0.0427. The first-order valence-electron chi connectivity index (χ1n) is 9.91. The van der Waals surface area contributed by atoms with Gasteiger partial charge in [0.2, 0.25) is 0 Å². The molecular weight excluding hydrogens is 360 g/mol. The normalized spacial score (nSPS) is 14.1. The maximum absolute atomic E-state index is 13.3. The number of para-hydroxylation sites is 2. The fraction of sp³-hybridized carbons (Fsp3) is 0.240. The fourth-order valence-corrected chi connectivity index (χ4v) is 3.68. The van der Waals surface area contributed by atoms with Gasteiger partial charge in [0.25, 0.3) is 5.91 Å². The average Bonchev–Trinajstić information content (AvgIpc) is 2.75. The van der Waals surface area contributed by atoms with E-state index in [1.807, 2.05) is 77.7 Å². The number of rotatable bonds is 6.